The van der Waals surface area contributed by atoms with E-state index in [1.807, 2.05) is 0 Å². The van der Waals surface area contributed by atoms with E-state index in [4.69, 9.17) is 4.74 Å². The van der Waals surface area contributed by atoms with Gasteiger partial charge in [0.25, 0.3) is 0 Å². The first kappa shape index (κ1) is 13.4. The molecule has 3 unspecified atom stereocenters. The van der Waals surface area contributed by atoms with Crippen LogP contribution in [-0.4, -0.2) is 36.7 Å². The van der Waals surface area contributed by atoms with E-state index in [1.54, 1.807) is 0 Å². The fourth-order valence-electron chi connectivity index (χ4n) is 4.18. The highest BCUT2D eigenvalue weighted by molar-refractivity contribution is 5.47. The third kappa shape index (κ3) is 3.03. The average Bonchev–Trinajstić information content (AvgIpc) is 3.14. The lowest BCUT2D eigenvalue weighted by atomic mass is 9.94. The number of nitrogens with zero attached hydrogens (tertiary/aromatic N) is 1. The van der Waals surface area contributed by atoms with Crippen molar-refractivity contribution in [3.63, 3.8) is 0 Å². The van der Waals surface area contributed by atoms with Gasteiger partial charge < -0.3 is 15.0 Å². The van der Waals surface area contributed by atoms with Crippen molar-refractivity contribution < 1.29 is 4.74 Å². The Bertz CT molecular complexity index is 467. The summed E-state index contributed by atoms with van der Waals surface area (Å²) in [5.74, 6) is 1.87. The third-order valence-corrected chi connectivity index (χ3v) is 5.45. The largest absolute Gasteiger partial charge is 0.490 e. The van der Waals surface area contributed by atoms with Crippen molar-refractivity contribution in [3.8, 4) is 5.75 Å². The topological polar surface area (TPSA) is 24.5 Å². The van der Waals surface area contributed by atoms with Crippen molar-refractivity contribution in [2.45, 2.75) is 50.7 Å². The number of piperidine rings is 1. The number of ether oxygens (including phenoxy) is 1. The molecule has 3 fully saturated rings. The molecule has 1 aromatic carbocycles. The van der Waals surface area contributed by atoms with Gasteiger partial charge in [0.05, 0.1) is 6.10 Å². The Hall–Kier alpha value is -1.22. The van der Waals surface area contributed by atoms with Crippen LogP contribution in [-0.2, 0) is 0 Å². The van der Waals surface area contributed by atoms with Crippen LogP contribution in [0.5, 0.6) is 5.75 Å². The third-order valence-electron chi connectivity index (χ3n) is 5.45. The monoisotopic (exact) mass is 286 g/mol. The standard InChI is InChI=1S/C18H26N2O/c1-2-4-16(3-1)21-17-7-5-15(6-8-17)19-18-10-12-20-11-9-14(18)13-20/h5-8,14,16,18-19H,1-4,9-13H2. The molecule has 0 amide bonds. The summed E-state index contributed by atoms with van der Waals surface area (Å²) >= 11 is 0. The lowest BCUT2D eigenvalue weighted by Gasteiger charge is -2.31. The summed E-state index contributed by atoms with van der Waals surface area (Å²) in [6.45, 7) is 3.86. The van der Waals surface area contributed by atoms with Crippen LogP contribution in [0.1, 0.15) is 38.5 Å². The zero-order valence-electron chi connectivity index (χ0n) is 12.8. The van der Waals surface area contributed by atoms with E-state index in [9.17, 15) is 0 Å². The molecule has 114 valence electrons. The van der Waals surface area contributed by atoms with Crippen LogP contribution >= 0.6 is 0 Å². The average molecular weight is 286 g/mol. The molecule has 2 heterocycles. The Morgan fingerprint density at radius 3 is 2.52 bits per heavy atom. The van der Waals surface area contributed by atoms with Crippen LogP contribution in [0.15, 0.2) is 24.3 Å². The summed E-state index contributed by atoms with van der Waals surface area (Å²) < 4.78 is 6.03. The van der Waals surface area contributed by atoms with Crippen LogP contribution in [0.3, 0.4) is 0 Å². The van der Waals surface area contributed by atoms with Gasteiger partial charge >= 0.3 is 0 Å². The molecule has 3 nitrogen and oxygen atoms in total. The molecule has 0 aromatic heterocycles. The second kappa shape index (κ2) is 5.88. The minimum absolute atomic E-state index is 0.451. The molecule has 4 rings (SSSR count). The van der Waals surface area contributed by atoms with E-state index < -0.39 is 0 Å². The molecule has 3 aliphatic rings. The van der Waals surface area contributed by atoms with E-state index in [0.29, 0.717) is 12.1 Å². The Labute approximate surface area is 127 Å². The Morgan fingerprint density at radius 2 is 1.71 bits per heavy atom. The van der Waals surface area contributed by atoms with Gasteiger partial charge in [0.2, 0.25) is 0 Å². The zero-order valence-corrected chi connectivity index (χ0v) is 12.8. The minimum Gasteiger partial charge on any atom is -0.490 e. The number of nitrogens with one attached hydrogen (secondary N) is 1. The molecule has 1 saturated carbocycles. The molecule has 2 saturated heterocycles. The van der Waals surface area contributed by atoms with Gasteiger partial charge in [-0.2, -0.15) is 0 Å². The Kier molecular flexibility index (Phi) is 3.76. The summed E-state index contributed by atoms with van der Waals surface area (Å²) in [6, 6.07) is 9.29. The Morgan fingerprint density at radius 1 is 0.952 bits per heavy atom. The number of anilines is 1. The van der Waals surface area contributed by atoms with E-state index in [0.717, 1.165) is 11.7 Å². The first-order chi connectivity index (χ1) is 10.4. The van der Waals surface area contributed by atoms with E-state index >= 15 is 0 Å². The van der Waals surface area contributed by atoms with Crippen LogP contribution in [0, 0.1) is 5.92 Å². The number of hydrogen-bond donors (Lipinski definition) is 1. The molecule has 3 atom stereocenters. The first-order valence-corrected chi connectivity index (χ1v) is 8.62. The van der Waals surface area contributed by atoms with Gasteiger partial charge in [0.15, 0.2) is 0 Å². The quantitative estimate of drug-likeness (QED) is 0.916. The van der Waals surface area contributed by atoms with E-state index in [-0.39, 0.29) is 0 Å². The van der Waals surface area contributed by atoms with Crippen LogP contribution < -0.4 is 10.1 Å². The van der Waals surface area contributed by atoms with Crippen LogP contribution in [0.2, 0.25) is 0 Å². The zero-order chi connectivity index (χ0) is 14.1. The van der Waals surface area contributed by atoms with E-state index in [2.05, 4.69) is 34.5 Å². The van der Waals surface area contributed by atoms with Gasteiger partial charge in [-0.25, -0.2) is 0 Å². The Balaban J connectivity index is 1.35. The minimum atomic E-state index is 0.451. The summed E-state index contributed by atoms with van der Waals surface area (Å²) in [5, 5.41) is 3.75. The molecule has 21 heavy (non-hydrogen) atoms. The lowest BCUT2D eigenvalue weighted by molar-refractivity contribution is 0.210. The van der Waals surface area contributed by atoms with Crippen molar-refractivity contribution in [3.05, 3.63) is 24.3 Å². The predicted octanol–water partition coefficient (Wildman–Crippen LogP) is 3.51. The molecule has 0 radical (unpaired) electrons. The van der Waals surface area contributed by atoms with Crippen molar-refractivity contribution in [2.75, 3.05) is 25.0 Å². The molecule has 1 aromatic rings. The van der Waals surface area contributed by atoms with Gasteiger partial charge in [-0.15, -0.1) is 0 Å². The number of benzene rings is 1. The molecule has 1 N–H and O–H groups in total. The molecule has 2 bridgehead atoms. The van der Waals surface area contributed by atoms with Crippen molar-refractivity contribution in [1.29, 1.82) is 0 Å². The fraction of sp³-hybridized carbons (Fsp3) is 0.667. The number of hydrogen-bond acceptors (Lipinski definition) is 3. The molecule has 1 aliphatic carbocycles. The van der Waals surface area contributed by atoms with Gasteiger partial charge in [-0.1, -0.05) is 0 Å². The summed E-state index contributed by atoms with van der Waals surface area (Å²) in [5.41, 5.74) is 1.25. The normalized spacial score (nSPS) is 32.3. The van der Waals surface area contributed by atoms with Crippen molar-refractivity contribution in [1.82, 2.24) is 4.90 Å². The summed E-state index contributed by atoms with van der Waals surface area (Å²) in [4.78, 5) is 2.60. The first-order valence-electron chi connectivity index (χ1n) is 8.62. The van der Waals surface area contributed by atoms with Crippen LogP contribution in [0.4, 0.5) is 5.69 Å². The van der Waals surface area contributed by atoms with Gasteiger partial charge in [0, 0.05) is 24.8 Å². The number of rotatable bonds is 4. The maximum atomic E-state index is 6.03. The second-order valence-electron chi connectivity index (χ2n) is 6.94. The highest BCUT2D eigenvalue weighted by Crippen LogP contribution is 2.30. The molecular formula is C18H26N2O. The van der Waals surface area contributed by atoms with Crippen LogP contribution in [0.25, 0.3) is 0 Å². The highest BCUT2D eigenvalue weighted by atomic mass is 16.5. The second-order valence-corrected chi connectivity index (χ2v) is 6.94. The molecule has 0 spiro atoms. The maximum absolute atomic E-state index is 6.03. The van der Waals surface area contributed by atoms with E-state index in [1.165, 1.54) is 63.8 Å². The highest BCUT2D eigenvalue weighted by Gasteiger charge is 2.33. The smallest absolute Gasteiger partial charge is 0.119 e. The SMILES string of the molecule is c1cc(OC2CCCC2)ccc1NC1CCN2CCC1C2. The van der Waals surface area contributed by atoms with Crippen molar-refractivity contribution in [2.24, 2.45) is 5.92 Å². The maximum Gasteiger partial charge on any atom is 0.119 e. The lowest BCUT2D eigenvalue weighted by Crippen LogP contribution is -2.39. The molecule has 3 heteroatoms. The molecular weight excluding hydrogens is 260 g/mol. The fourth-order valence-corrected chi connectivity index (χ4v) is 4.18. The van der Waals surface area contributed by atoms with Gasteiger partial charge in [-0.3, -0.25) is 0 Å². The summed E-state index contributed by atoms with van der Waals surface area (Å²) in [6.07, 6.45) is 8.19. The number of fused-ring (bicyclic) bond motifs is 2. The van der Waals surface area contributed by atoms with Crippen molar-refractivity contribution >= 4 is 5.69 Å². The predicted molar refractivity (Wildman–Crippen MR) is 85.9 cm³/mol. The van der Waals surface area contributed by atoms with Gasteiger partial charge in [0.1, 0.15) is 5.75 Å². The molecule has 2 aliphatic heterocycles. The summed E-state index contributed by atoms with van der Waals surface area (Å²) in [7, 11) is 0. The van der Waals surface area contributed by atoms with Gasteiger partial charge in [-0.05, 0) is 75.3 Å².